The Balaban J connectivity index is 3.64. The largest absolute Gasteiger partial charge is 0.370 e. The molecule has 0 heterocycles. The molecule has 0 aromatic rings. The van der Waals surface area contributed by atoms with Crippen LogP contribution in [0.4, 0.5) is 0 Å². The molecule has 2 heteroatoms. The molecule has 0 aromatic heterocycles. The smallest absolute Gasteiger partial charge is 0.0758 e. The summed E-state index contributed by atoms with van der Waals surface area (Å²) < 4.78 is 5.71. The quantitative estimate of drug-likeness (QED) is 0.410. The summed E-state index contributed by atoms with van der Waals surface area (Å²) in [6, 6.07) is 2.12. The molecule has 98 valence electrons. The standard InChI is InChI=1S/C15H27NO/c1-5-6-7-8-9-10-13(2)15(4)17-14(3)11-12-16/h14-15H,2,5-11H2,1,3-4H3. The van der Waals surface area contributed by atoms with Gasteiger partial charge >= 0.3 is 0 Å². The van der Waals surface area contributed by atoms with E-state index in [0.29, 0.717) is 6.42 Å². The van der Waals surface area contributed by atoms with Crippen LogP contribution in [0.25, 0.3) is 0 Å². The van der Waals surface area contributed by atoms with Gasteiger partial charge in [-0.3, -0.25) is 0 Å². The number of nitriles is 1. The first-order chi connectivity index (χ1) is 8.11. The molecule has 0 aliphatic heterocycles. The summed E-state index contributed by atoms with van der Waals surface area (Å²) >= 11 is 0. The van der Waals surface area contributed by atoms with Crippen molar-refractivity contribution in [3.63, 3.8) is 0 Å². The van der Waals surface area contributed by atoms with E-state index in [1.807, 2.05) is 13.8 Å². The second kappa shape index (κ2) is 10.4. The molecule has 0 radical (unpaired) electrons. The van der Waals surface area contributed by atoms with Crippen molar-refractivity contribution in [3.05, 3.63) is 12.2 Å². The van der Waals surface area contributed by atoms with Crippen molar-refractivity contribution in [1.29, 1.82) is 5.26 Å². The number of hydrogen-bond donors (Lipinski definition) is 0. The fourth-order valence-corrected chi connectivity index (χ4v) is 1.78. The zero-order valence-electron chi connectivity index (χ0n) is 11.7. The second-order valence-electron chi connectivity index (χ2n) is 4.77. The minimum Gasteiger partial charge on any atom is -0.370 e. The molecule has 0 saturated carbocycles. The molecule has 0 N–H and O–H groups in total. The highest BCUT2D eigenvalue weighted by atomic mass is 16.5. The maximum absolute atomic E-state index is 8.56. The van der Waals surface area contributed by atoms with Gasteiger partial charge in [0.05, 0.1) is 24.7 Å². The highest BCUT2D eigenvalue weighted by Crippen LogP contribution is 2.16. The lowest BCUT2D eigenvalue weighted by molar-refractivity contribution is 0.0296. The fourth-order valence-electron chi connectivity index (χ4n) is 1.78. The van der Waals surface area contributed by atoms with Crippen LogP contribution in [0.3, 0.4) is 0 Å². The molecule has 0 amide bonds. The van der Waals surface area contributed by atoms with E-state index in [0.717, 1.165) is 12.0 Å². The van der Waals surface area contributed by atoms with E-state index >= 15 is 0 Å². The maximum atomic E-state index is 8.56. The van der Waals surface area contributed by atoms with Crippen molar-refractivity contribution >= 4 is 0 Å². The van der Waals surface area contributed by atoms with Gasteiger partial charge in [-0.05, 0) is 32.3 Å². The van der Waals surface area contributed by atoms with E-state index in [-0.39, 0.29) is 12.2 Å². The first-order valence-corrected chi connectivity index (χ1v) is 6.81. The lowest BCUT2D eigenvalue weighted by Crippen LogP contribution is -2.18. The topological polar surface area (TPSA) is 33.0 Å². The van der Waals surface area contributed by atoms with E-state index in [1.165, 1.54) is 32.1 Å². The van der Waals surface area contributed by atoms with Gasteiger partial charge in [0, 0.05) is 0 Å². The summed E-state index contributed by atoms with van der Waals surface area (Å²) in [4.78, 5) is 0. The number of hydrogen-bond acceptors (Lipinski definition) is 2. The van der Waals surface area contributed by atoms with Crippen LogP contribution in [0.1, 0.15) is 65.7 Å². The Kier molecular flexibility index (Phi) is 9.86. The van der Waals surface area contributed by atoms with Gasteiger partial charge in [-0.1, -0.05) is 39.2 Å². The highest BCUT2D eigenvalue weighted by molar-refractivity contribution is 5.00. The van der Waals surface area contributed by atoms with Crippen LogP contribution in [-0.2, 0) is 4.74 Å². The summed E-state index contributed by atoms with van der Waals surface area (Å²) in [6.45, 7) is 10.3. The van der Waals surface area contributed by atoms with Crippen LogP contribution >= 0.6 is 0 Å². The summed E-state index contributed by atoms with van der Waals surface area (Å²) in [5.74, 6) is 0. The molecule has 0 rings (SSSR count). The number of ether oxygens (including phenoxy) is 1. The lowest BCUT2D eigenvalue weighted by Gasteiger charge is -2.19. The zero-order valence-corrected chi connectivity index (χ0v) is 11.7. The Bertz CT molecular complexity index is 242. The molecule has 0 aromatic carbocycles. The predicted octanol–water partition coefficient (Wildman–Crippen LogP) is 4.61. The van der Waals surface area contributed by atoms with Crippen LogP contribution < -0.4 is 0 Å². The Morgan fingerprint density at radius 1 is 1.24 bits per heavy atom. The average Bonchev–Trinajstić information content (AvgIpc) is 2.28. The van der Waals surface area contributed by atoms with Crippen molar-refractivity contribution < 1.29 is 4.74 Å². The third-order valence-electron chi connectivity index (χ3n) is 2.99. The number of rotatable bonds is 10. The van der Waals surface area contributed by atoms with Crippen LogP contribution in [0, 0.1) is 11.3 Å². The first kappa shape index (κ1) is 16.2. The van der Waals surface area contributed by atoms with Gasteiger partial charge in [0.25, 0.3) is 0 Å². The Morgan fingerprint density at radius 2 is 1.88 bits per heavy atom. The second-order valence-corrected chi connectivity index (χ2v) is 4.77. The minimum absolute atomic E-state index is 0.00633. The van der Waals surface area contributed by atoms with E-state index in [1.54, 1.807) is 0 Å². The summed E-state index contributed by atoms with van der Waals surface area (Å²) in [5.41, 5.74) is 1.16. The highest BCUT2D eigenvalue weighted by Gasteiger charge is 2.11. The maximum Gasteiger partial charge on any atom is 0.0758 e. The molecule has 17 heavy (non-hydrogen) atoms. The zero-order chi connectivity index (χ0) is 13.1. The van der Waals surface area contributed by atoms with Crippen LogP contribution in [0.15, 0.2) is 12.2 Å². The normalized spacial score (nSPS) is 14.0. The van der Waals surface area contributed by atoms with Gasteiger partial charge in [0.2, 0.25) is 0 Å². The molecular weight excluding hydrogens is 210 g/mol. The molecule has 0 aliphatic rings. The Hall–Kier alpha value is -0.810. The molecule has 2 nitrogen and oxygen atoms in total. The van der Waals surface area contributed by atoms with Crippen LogP contribution in [0.5, 0.6) is 0 Å². The van der Waals surface area contributed by atoms with Gasteiger partial charge in [-0.2, -0.15) is 5.26 Å². The van der Waals surface area contributed by atoms with E-state index in [9.17, 15) is 0 Å². The van der Waals surface area contributed by atoms with E-state index < -0.39 is 0 Å². The van der Waals surface area contributed by atoms with Gasteiger partial charge in [0.15, 0.2) is 0 Å². The van der Waals surface area contributed by atoms with Crippen molar-refractivity contribution in [2.75, 3.05) is 0 Å². The molecule has 0 aliphatic carbocycles. The van der Waals surface area contributed by atoms with Crippen molar-refractivity contribution in [1.82, 2.24) is 0 Å². The third-order valence-corrected chi connectivity index (χ3v) is 2.99. The first-order valence-electron chi connectivity index (χ1n) is 6.81. The monoisotopic (exact) mass is 237 g/mol. The third kappa shape index (κ3) is 8.94. The Morgan fingerprint density at radius 3 is 2.47 bits per heavy atom. The molecule has 0 spiro atoms. The van der Waals surface area contributed by atoms with Gasteiger partial charge in [0.1, 0.15) is 0 Å². The van der Waals surface area contributed by atoms with E-state index in [4.69, 9.17) is 10.00 Å². The molecule has 0 fully saturated rings. The fraction of sp³-hybridized carbons (Fsp3) is 0.800. The molecular formula is C15H27NO. The summed E-state index contributed by atoms with van der Waals surface area (Å²) in [7, 11) is 0. The minimum atomic E-state index is 0.00633. The van der Waals surface area contributed by atoms with E-state index in [2.05, 4.69) is 19.6 Å². The summed E-state index contributed by atoms with van der Waals surface area (Å²) in [5, 5.41) is 8.56. The molecule has 2 unspecified atom stereocenters. The van der Waals surface area contributed by atoms with Gasteiger partial charge < -0.3 is 4.74 Å². The lowest BCUT2D eigenvalue weighted by atomic mass is 10.0. The molecule has 0 bridgehead atoms. The summed E-state index contributed by atoms with van der Waals surface area (Å²) in [6.07, 6.45) is 8.01. The average molecular weight is 237 g/mol. The van der Waals surface area contributed by atoms with Crippen molar-refractivity contribution in [2.45, 2.75) is 77.9 Å². The van der Waals surface area contributed by atoms with Crippen molar-refractivity contribution in [3.8, 4) is 6.07 Å². The van der Waals surface area contributed by atoms with Crippen molar-refractivity contribution in [2.24, 2.45) is 0 Å². The SMILES string of the molecule is C=C(CCCCCCC)C(C)OC(C)CC#N. The molecule has 0 saturated heterocycles. The predicted molar refractivity (Wildman–Crippen MR) is 72.8 cm³/mol. The van der Waals surface area contributed by atoms with Crippen LogP contribution in [0.2, 0.25) is 0 Å². The van der Waals surface area contributed by atoms with Crippen LogP contribution in [-0.4, -0.2) is 12.2 Å². The van der Waals surface area contributed by atoms with Gasteiger partial charge in [-0.25, -0.2) is 0 Å². The number of nitrogens with zero attached hydrogens (tertiary/aromatic N) is 1. The molecule has 2 atom stereocenters. The van der Waals surface area contributed by atoms with Gasteiger partial charge in [-0.15, -0.1) is 0 Å². The number of unbranched alkanes of at least 4 members (excludes halogenated alkanes) is 4. The Labute approximate surface area is 107 Å².